The van der Waals surface area contributed by atoms with Gasteiger partial charge in [-0.15, -0.1) is 0 Å². The van der Waals surface area contributed by atoms with E-state index in [0.717, 1.165) is 25.5 Å². The molecule has 1 rings (SSSR count). The summed E-state index contributed by atoms with van der Waals surface area (Å²) in [5.74, 6) is 0.181. The molecule has 0 aliphatic heterocycles. The molecule has 0 spiro atoms. The lowest BCUT2D eigenvalue weighted by molar-refractivity contribution is -0.110. The second-order valence-corrected chi connectivity index (χ2v) is 3.82. The topological polar surface area (TPSA) is 17.1 Å². The van der Waals surface area contributed by atoms with Gasteiger partial charge in [0.15, 0.2) is 0 Å². The zero-order chi connectivity index (χ0) is 10.4. The van der Waals surface area contributed by atoms with E-state index in [9.17, 15) is 4.79 Å². The molecule has 0 amide bonds. The number of hydrogen-bond donors (Lipinski definition) is 0. The molecule has 14 heavy (non-hydrogen) atoms. The van der Waals surface area contributed by atoms with Gasteiger partial charge in [0.25, 0.3) is 0 Å². The first-order chi connectivity index (χ1) is 6.76. The first-order valence-electron chi connectivity index (χ1n) is 5.29. The lowest BCUT2D eigenvalue weighted by Gasteiger charge is -2.04. The molecule has 0 saturated carbocycles. The SMILES string of the molecule is CCc1ccc(CCC(C)C=O)cc1. The van der Waals surface area contributed by atoms with E-state index < -0.39 is 0 Å². The van der Waals surface area contributed by atoms with Crippen molar-refractivity contribution in [2.45, 2.75) is 33.1 Å². The van der Waals surface area contributed by atoms with E-state index in [1.54, 1.807) is 0 Å². The van der Waals surface area contributed by atoms with Crippen LogP contribution in [0.15, 0.2) is 24.3 Å². The molecule has 0 heterocycles. The van der Waals surface area contributed by atoms with Crippen LogP contribution < -0.4 is 0 Å². The molecule has 1 heteroatoms. The molecule has 0 aromatic heterocycles. The maximum atomic E-state index is 10.4. The van der Waals surface area contributed by atoms with Crippen molar-refractivity contribution in [1.29, 1.82) is 0 Å². The van der Waals surface area contributed by atoms with Gasteiger partial charge in [-0.05, 0) is 30.4 Å². The summed E-state index contributed by atoms with van der Waals surface area (Å²) in [6, 6.07) is 8.66. The van der Waals surface area contributed by atoms with Crippen LogP contribution in [0.4, 0.5) is 0 Å². The van der Waals surface area contributed by atoms with Gasteiger partial charge in [-0.2, -0.15) is 0 Å². The molecule has 0 aliphatic carbocycles. The van der Waals surface area contributed by atoms with Crippen molar-refractivity contribution in [2.24, 2.45) is 5.92 Å². The van der Waals surface area contributed by atoms with Crippen LogP contribution in [-0.4, -0.2) is 6.29 Å². The van der Waals surface area contributed by atoms with Crippen LogP contribution in [0, 0.1) is 5.92 Å². The van der Waals surface area contributed by atoms with Crippen molar-refractivity contribution in [3.63, 3.8) is 0 Å². The number of benzene rings is 1. The smallest absolute Gasteiger partial charge is 0.122 e. The predicted molar refractivity (Wildman–Crippen MR) is 59.4 cm³/mol. The molecule has 0 saturated heterocycles. The Morgan fingerprint density at radius 2 is 1.79 bits per heavy atom. The molecular formula is C13H18O. The average molecular weight is 190 g/mol. The number of rotatable bonds is 5. The van der Waals surface area contributed by atoms with Crippen LogP contribution in [0.2, 0.25) is 0 Å². The Morgan fingerprint density at radius 1 is 1.21 bits per heavy atom. The van der Waals surface area contributed by atoms with Crippen molar-refractivity contribution in [3.05, 3.63) is 35.4 Å². The monoisotopic (exact) mass is 190 g/mol. The molecule has 0 radical (unpaired) electrons. The van der Waals surface area contributed by atoms with E-state index in [1.165, 1.54) is 11.1 Å². The number of aryl methyl sites for hydroxylation is 2. The fraction of sp³-hybridized carbons (Fsp3) is 0.462. The predicted octanol–water partition coefficient (Wildman–Crippen LogP) is 3.02. The molecule has 1 unspecified atom stereocenters. The van der Waals surface area contributed by atoms with Crippen LogP contribution in [-0.2, 0) is 17.6 Å². The van der Waals surface area contributed by atoms with Crippen molar-refractivity contribution < 1.29 is 4.79 Å². The fourth-order valence-electron chi connectivity index (χ4n) is 1.40. The van der Waals surface area contributed by atoms with Crippen LogP contribution in [0.5, 0.6) is 0 Å². The third-order valence-electron chi connectivity index (χ3n) is 2.55. The minimum atomic E-state index is 0.181. The Bertz CT molecular complexity index is 274. The third kappa shape index (κ3) is 3.33. The minimum Gasteiger partial charge on any atom is -0.303 e. The maximum absolute atomic E-state index is 10.4. The highest BCUT2D eigenvalue weighted by molar-refractivity contribution is 5.52. The van der Waals surface area contributed by atoms with E-state index in [4.69, 9.17) is 0 Å². The summed E-state index contributed by atoms with van der Waals surface area (Å²) in [7, 11) is 0. The van der Waals surface area contributed by atoms with Gasteiger partial charge >= 0.3 is 0 Å². The van der Waals surface area contributed by atoms with Gasteiger partial charge in [0, 0.05) is 5.92 Å². The van der Waals surface area contributed by atoms with Crippen LogP contribution in [0.1, 0.15) is 31.4 Å². The van der Waals surface area contributed by atoms with E-state index in [-0.39, 0.29) is 5.92 Å². The second-order valence-electron chi connectivity index (χ2n) is 3.82. The molecule has 1 nitrogen and oxygen atoms in total. The summed E-state index contributed by atoms with van der Waals surface area (Å²) in [6.45, 7) is 4.12. The van der Waals surface area contributed by atoms with Gasteiger partial charge in [-0.3, -0.25) is 0 Å². The molecule has 0 aliphatic rings. The van der Waals surface area contributed by atoms with Crippen molar-refractivity contribution in [2.75, 3.05) is 0 Å². The number of hydrogen-bond acceptors (Lipinski definition) is 1. The van der Waals surface area contributed by atoms with Gasteiger partial charge in [0.1, 0.15) is 6.29 Å². The van der Waals surface area contributed by atoms with Crippen molar-refractivity contribution in [3.8, 4) is 0 Å². The molecule has 1 atom stereocenters. The summed E-state index contributed by atoms with van der Waals surface area (Å²) in [4.78, 5) is 10.4. The van der Waals surface area contributed by atoms with Gasteiger partial charge in [0.05, 0.1) is 0 Å². The lowest BCUT2D eigenvalue weighted by Crippen LogP contribution is -1.98. The van der Waals surface area contributed by atoms with Gasteiger partial charge in [-0.25, -0.2) is 0 Å². The average Bonchev–Trinajstić information content (AvgIpc) is 2.26. The van der Waals surface area contributed by atoms with E-state index in [0.29, 0.717) is 0 Å². The third-order valence-corrected chi connectivity index (χ3v) is 2.55. The Kier molecular flexibility index (Phi) is 4.37. The maximum Gasteiger partial charge on any atom is 0.122 e. The molecule has 1 aromatic rings. The van der Waals surface area contributed by atoms with Gasteiger partial charge < -0.3 is 4.79 Å². The van der Waals surface area contributed by atoms with E-state index in [2.05, 4.69) is 31.2 Å². The number of aldehydes is 1. The minimum absolute atomic E-state index is 0.181. The standard InChI is InChI=1S/C13H18O/c1-3-12-6-8-13(9-7-12)5-4-11(2)10-14/h6-11H,3-5H2,1-2H3. The Balaban J connectivity index is 2.47. The van der Waals surface area contributed by atoms with Crippen molar-refractivity contribution in [1.82, 2.24) is 0 Å². The molecule has 0 fully saturated rings. The Labute approximate surface area is 86.1 Å². The first kappa shape index (κ1) is 11.0. The summed E-state index contributed by atoms with van der Waals surface area (Å²) in [6.07, 6.45) is 4.07. The van der Waals surface area contributed by atoms with Crippen LogP contribution >= 0.6 is 0 Å². The first-order valence-corrected chi connectivity index (χ1v) is 5.29. The van der Waals surface area contributed by atoms with Gasteiger partial charge in [0.2, 0.25) is 0 Å². The van der Waals surface area contributed by atoms with Crippen LogP contribution in [0.25, 0.3) is 0 Å². The molecular weight excluding hydrogens is 172 g/mol. The largest absolute Gasteiger partial charge is 0.303 e. The highest BCUT2D eigenvalue weighted by Gasteiger charge is 2.00. The molecule has 1 aromatic carbocycles. The van der Waals surface area contributed by atoms with E-state index >= 15 is 0 Å². The highest BCUT2D eigenvalue weighted by atomic mass is 16.1. The fourth-order valence-corrected chi connectivity index (χ4v) is 1.40. The summed E-state index contributed by atoms with van der Waals surface area (Å²) in [5.41, 5.74) is 2.70. The highest BCUT2D eigenvalue weighted by Crippen LogP contribution is 2.10. The van der Waals surface area contributed by atoms with Crippen molar-refractivity contribution >= 4 is 6.29 Å². The quantitative estimate of drug-likeness (QED) is 0.652. The van der Waals surface area contributed by atoms with E-state index in [1.807, 2.05) is 6.92 Å². The summed E-state index contributed by atoms with van der Waals surface area (Å²) in [5, 5.41) is 0. The van der Waals surface area contributed by atoms with Crippen LogP contribution in [0.3, 0.4) is 0 Å². The zero-order valence-electron chi connectivity index (χ0n) is 8.99. The molecule has 76 valence electrons. The summed E-state index contributed by atoms with van der Waals surface area (Å²) < 4.78 is 0. The normalized spacial score (nSPS) is 12.4. The molecule has 0 N–H and O–H groups in total. The number of carbonyl (C=O) groups excluding carboxylic acids is 1. The number of carbonyl (C=O) groups is 1. The summed E-state index contributed by atoms with van der Waals surface area (Å²) >= 11 is 0. The zero-order valence-corrected chi connectivity index (χ0v) is 8.99. The lowest BCUT2D eigenvalue weighted by atomic mass is 10.0. The Hall–Kier alpha value is -1.11. The van der Waals surface area contributed by atoms with Gasteiger partial charge in [-0.1, -0.05) is 38.1 Å². The Morgan fingerprint density at radius 3 is 2.29 bits per heavy atom. The molecule has 0 bridgehead atoms. The second kappa shape index (κ2) is 5.58.